The number of rotatable bonds is 4. The largest absolute Gasteiger partial charge is 0.396 e. The molecule has 0 radical (unpaired) electrons. The van der Waals surface area contributed by atoms with Crippen LogP contribution >= 0.6 is 0 Å². The van der Waals surface area contributed by atoms with Crippen LogP contribution in [0.5, 0.6) is 0 Å². The molecular weight excluding hydrogens is 204 g/mol. The van der Waals surface area contributed by atoms with E-state index in [0.29, 0.717) is 13.0 Å². The van der Waals surface area contributed by atoms with E-state index in [1.165, 1.54) is 5.56 Å². The lowest BCUT2D eigenvalue weighted by atomic mass is 10.1. The second-order valence-electron chi connectivity index (χ2n) is 3.93. The summed E-state index contributed by atoms with van der Waals surface area (Å²) in [5.74, 6) is 0.00431. The molecule has 0 spiro atoms. The van der Waals surface area contributed by atoms with Crippen LogP contribution in [-0.4, -0.2) is 30.2 Å². The zero-order chi connectivity index (χ0) is 11.4. The number of benzene rings is 1. The van der Waals surface area contributed by atoms with Crippen LogP contribution in [-0.2, 0) is 11.2 Å². The number of amides is 1. The van der Waals surface area contributed by atoms with E-state index in [9.17, 15) is 4.79 Å². The van der Waals surface area contributed by atoms with E-state index in [-0.39, 0.29) is 18.6 Å². The monoisotopic (exact) mass is 220 g/mol. The predicted molar refractivity (Wildman–Crippen MR) is 62.3 cm³/mol. The summed E-state index contributed by atoms with van der Waals surface area (Å²) < 4.78 is 0. The molecule has 0 saturated carbocycles. The Labute approximate surface area is 94.7 Å². The molecular formula is C12H16N2O2. The lowest BCUT2D eigenvalue weighted by Gasteiger charge is -2.11. The number of nitrogens with one attached hydrogen (secondary N) is 2. The van der Waals surface area contributed by atoms with E-state index in [2.05, 4.69) is 10.6 Å². The van der Waals surface area contributed by atoms with Crippen molar-refractivity contribution in [3.05, 3.63) is 29.8 Å². The van der Waals surface area contributed by atoms with Gasteiger partial charge in [0.2, 0.25) is 5.91 Å². The second-order valence-corrected chi connectivity index (χ2v) is 3.93. The van der Waals surface area contributed by atoms with Crippen molar-refractivity contribution in [1.29, 1.82) is 0 Å². The fourth-order valence-corrected chi connectivity index (χ4v) is 1.87. The van der Waals surface area contributed by atoms with Crippen LogP contribution in [0.1, 0.15) is 12.0 Å². The SMILES string of the molecule is O=C(NCCCO)C1Cc2ccccc2N1. The van der Waals surface area contributed by atoms with E-state index in [1.807, 2.05) is 24.3 Å². The molecule has 1 unspecified atom stereocenters. The lowest BCUT2D eigenvalue weighted by molar-refractivity contribution is -0.121. The van der Waals surface area contributed by atoms with Crippen LogP contribution in [0.4, 0.5) is 5.69 Å². The van der Waals surface area contributed by atoms with Gasteiger partial charge in [0.25, 0.3) is 0 Å². The Bertz CT molecular complexity index is 354. The molecule has 1 aromatic carbocycles. The first kappa shape index (κ1) is 11.0. The number of aliphatic hydroxyl groups is 1. The Morgan fingerprint density at radius 1 is 1.50 bits per heavy atom. The van der Waals surface area contributed by atoms with Crippen molar-refractivity contribution in [2.24, 2.45) is 0 Å². The average Bonchev–Trinajstić information content (AvgIpc) is 2.73. The van der Waals surface area contributed by atoms with E-state index in [0.717, 1.165) is 12.1 Å². The molecule has 3 N–H and O–H groups in total. The smallest absolute Gasteiger partial charge is 0.242 e. The van der Waals surface area contributed by atoms with Gasteiger partial charge in [0.15, 0.2) is 0 Å². The third-order valence-corrected chi connectivity index (χ3v) is 2.72. The molecule has 1 aliphatic heterocycles. The molecule has 4 heteroatoms. The molecule has 0 aliphatic carbocycles. The zero-order valence-corrected chi connectivity index (χ0v) is 9.07. The number of aliphatic hydroxyl groups excluding tert-OH is 1. The molecule has 1 atom stereocenters. The Balaban J connectivity index is 1.88. The van der Waals surface area contributed by atoms with E-state index in [1.54, 1.807) is 0 Å². The third kappa shape index (κ3) is 2.33. The van der Waals surface area contributed by atoms with Gasteiger partial charge in [0, 0.05) is 25.3 Å². The van der Waals surface area contributed by atoms with Crippen LogP contribution < -0.4 is 10.6 Å². The van der Waals surface area contributed by atoms with Gasteiger partial charge in [0.05, 0.1) is 0 Å². The maximum Gasteiger partial charge on any atom is 0.242 e. The Morgan fingerprint density at radius 3 is 3.06 bits per heavy atom. The predicted octanol–water partition coefficient (Wildman–Crippen LogP) is 0.522. The van der Waals surface area contributed by atoms with Crippen molar-refractivity contribution >= 4 is 11.6 Å². The summed E-state index contributed by atoms with van der Waals surface area (Å²) in [6, 6.07) is 7.78. The van der Waals surface area contributed by atoms with Crippen LogP contribution in [0.15, 0.2) is 24.3 Å². The van der Waals surface area contributed by atoms with Gasteiger partial charge >= 0.3 is 0 Å². The molecule has 16 heavy (non-hydrogen) atoms. The maximum absolute atomic E-state index is 11.7. The van der Waals surface area contributed by atoms with Gasteiger partial charge in [-0.2, -0.15) is 0 Å². The van der Waals surface area contributed by atoms with Crippen molar-refractivity contribution < 1.29 is 9.90 Å². The van der Waals surface area contributed by atoms with Crippen LogP contribution in [0.25, 0.3) is 0 Å². The number of hydrogen-bond acceptors (Lipinski definition) is 3. The lowest BCUT2D eigenvalue weighted by Crippen LogP contribution is -2.39. The molecule has 0 aromatic heterocycles. The van der Waals surface area contributed by atoms with Crippen LogP contribution in [0.3, 0.4) is 0 Å². The first-order valence-electron chi connectivity index (χ1n) is 5.54. The number of anilines is 1. The Morgan fingerprint density at radius 2 is 2.31 bits per heavy atom. The number of hydrogen-bond donors (Lipinski definition) is 3. The fraction of sp³-hybridized carbons (Fsp3) is 0.417. The molecule has 1 aromatic rings. The number of para-hydroxylation sites is 1. The van der Waals surface area contributed by atoms with Gasteiger partial charge in [-0.3, -0.25) is 4.79 Å². The first-order chi connectivity index (χ1) is 7.81. The fourth-order valence-electron chi connectivity index (χ4n) is 1.87. The van der Waals surface area contributed by atoms with Gasteiger partial charge in [-0.25, -0.2) is 0 Å². The van der Waals surface area contributed by atoms with E-state index in [4.69, 9.17) is 5.11 Å². The average molecular weight is 220 g/mol. The van der Waals surface area contributed by atoms with Gasteiger partial charge in [0.1, 0.15) is 6.04 Å². The molecule has 0 saturated heterocycles. The van der Waals surface area contributed by atoms with Crippen molar-refractivity contribution in [3.63, 3.8) is 0 Å². The normalized spacial score (nSPS) is 17.7. The highest BCUT2D eigenvalue weighted by molar-refractivity contribution is 5.87. The van der Waals surface area contributed by atoms with Gasteiger partial charge in [-0.1, -0.05) is 18.2 Å². The highest BCUT2D eigenvalue weighted by Gasteiger charge is 2.25. The van der Waals surface area contributed by atoms with Crippen molar-refractivity contribution in [1.82, 2.24) is 5.32 Å². The second kappa shape index (κ2) is 4.99. The van der Waals surface area contributed by atoms with Gasteiger partial charge < -0.3 is 15.7 Å². The zero-order valence-electron chi connectivity index (χ0n) is 9.07. The van der Waals surface area contributed by atoms with Crippen molar-refractivity contribution in [3.8, 4) is 0 Å². The highest BCUT2D eigenvalue weighted by atomic mass is 16.3. The summed E-state index contributed by atoms with van der Waals surface area (Å²) >= 11 is 0. The maximum atomic E-state index is 11.7. The number of carbonyl (C=O) groups is 1. The quantitative estimate of drug-likeness (QED) is 0.648. The summed E-state index contributed by atoms with van der Waals surface area (Å²) in [6.07, 6.45) is 1.34. The molecule has 1 heterocycles. The molecule has 1 aliphatic rings. The summed E-state index contributed by atoms with van der Waals surface area (Å²) in [5.41, 5.74) is 2.23. The minimum Gasteiger partial charge on any atom is -0.396 e. The minimum absolute atomic E-state index is 0.00431. The summed E-state index contributed by atoms with van der Waals surface area (Å²) in [7, 11) is 0. The molecule has 2 rings (SSSR count). The molecule has 0 fully saturated rings. The summed E-state index contributed by atoms with van der Waals surface area (Å²) in [5, 5.41) is 14.6. The van der Waals surface area contributed by atoms with E-state index >= 15 is 0 Å². The molecule has 4 nitrogen and oxygen atoms in total. The van der Waals surface area contributed by atoms with Crippen molar-refractivity contribution in [2.45, 2.75) is 18.9 Å². The van der Waals surface area contributed by atoms with E-state index < -0.39 is 0 Å². The summed E-state index contributed by atoms with van der Waals surface area (Å²) in [6.45, 7) is 0.641. The Hall–Kier alpha value is -1.55. The van der Waals surface area contributed by atoms with Crippen LogP contribution in [0, 0.1) is 0 Å². The first-order valence-corrected chi connectivity index (χ1v) is 5.54. The van der Waals surface area contributed by atoms with Gasteiger partial charge in [-0.05, 0) is 18.1 Å². The number of carbonyl (C=O) groups excluding carboxylic acids is 1. The molecule has 1 amide bonds. The summed E-state index contributed by atoms with van der Waals surface area (Å²) in [4.78, 5) is 11.7. The standard InChI is InChI=1S/C12H16N2O2/c15-7-3-6-13-12(16)11-8-9-4-1-2-5-10(9)14-11/h1-2,4-5,11,14-15H,3,6-8H2,(H,13,16). The van der Waals surface area contributed by atoms with Crippen LogP contribution in [0.2, 0.25) is 0 Å². The highest BCUT2D eigenvalue weighted by Crippen LogP contribution is 2.24. The Kier molecular flexibility index (Phi) is 3.41. The minimum atomic E-state index is -0.170. The van der Waals surface area contributed by atoms with Crippen molar-refractivity contribution in [2.75, 3.05) is 18.5 Å². The number of fused-ring (bicyclic) bond motifs is 1. The topological polar surface area (TPSA) is 61.4 Å². The van der Waals surface area contributed by atoms with Gasteiger partial charge in [-0.15, -0.1) is 0 Å². The third-order valence-electron chi connectivity index (χ3n) is 2.72. The molecule has 0 bridgehead atoms. The molecule has 86 valence electrons.